The number of anilines is 1. The van der Waals surface area contributed by atoms with Crippen molar-refractivity contribution in [3.63, 3.8) is 0 Å². The Morgan fingerprint density at radius 1 is 1.35 bits per heavy atom. The van der Waals surface area contributed by atoms with Crippen LogP contribution in [0, 0.1) is 6.92 Å². The summed E-state index contributed by atoms with van der Waals surface area (Å²) in [5.41, 5.74) is 1.75. The molecule has 0 aliphatic heterocycles. The van der Waals surface area contributed by atoms with Gasteiger partial charge in [0.05, 0.1) is 11.4 Å². The highest BCUT2D eigenvalue weighted by Crippen LogP contribution is 2.21. The van der Waals surface area contributed by atoms with Crippen molar-refractivity contribution in [1.82, 2.24) is 14.9 Å². The molecule has 124 valence electrons. The first-order valence-corrected chi connectivity index (χ1v) is 8.53. The maximum absolute atomic E-state index is 12.1. The molecule has 0 fully saturated rings. The van der Waals surface area contributed by atoms with E-state index in [4.69, 9.17) is 0 Å². The van der Waals surface area contributed by atoms with Gasteiger partial charge in [-0.25, -0.2) is 9.59 Å². The van der Waals surface area contributed by atoms with E-state index >= 15 is 0 Å². The molecule has 7 heteroatoms. The standard InChI is InChI=1S/C16H22N4O2S/c1-11-9-17-15(22)20(11)13-8-6-5-7-12(13)19-14(21)18-10-16(2,3)23-4/h5-9H,10H2,1-4H3,(H,17,22)(H2,18,19,21). The first kappa shape index (κ1) is 17.2. The van der Waals surface area contributed by atoms with E-state index in [1.807, 2.05) is 25.3 Å². The van der Waals surface area contributed by atoms with Gasteiger partial charge < -0.3 is 15.6 Å². The van der Waals surface area contributed by atoms with Crippen LogP contribution in [0.1, 0.15) is 19.5 Å². The normalized spacial score (nSPS) is 11.3. The van der Waals surface area contributed by atoms with Crippen molar-refractivity contribution in [2.75, 3.05) is 18.1 Å². The number of nitrogens with one attached hydrogen (secondary N) is 3. The molecule has 0 bridgehead atoms. The summed E-state index contributed by atoms with van der Waals surface area (Å²) in [5, 5.41) is 5.68. The van der Waals surface area contributed by atoms with Gasteiger partial charge >= 0.3 is 11.7 Å². The van der Waals surface area contributed by atoms with E-state index in [0.29, 0.717) is 17.9 Å². The lowest BCUT2D eigenvalue weighted by Gasteiger charge is -2.22. The van der Waals surface area contributed by atoms with Crippen LogP contribution in [0.5, 0.6) is 0 Å². The number of para-hydroxylation sites is 2. The fourth-order valence-electron chi connectivity index (χ4n) is 2.06. The van der Waals surface area contributed by atoms with E-state index in [9.17, 15) is 9.59 Å². The second-order valence-corrected chi connectivity index (χ2v) is 7.37. The largest absolute Gasteiger partial charge is 0.336 e. The van der Waals surface area contributed by atoms with Crippen LogP contribution in [0.2, 0.25) is 0 Å². The number of nitrogens with zero attached hydrogens (tertiary/aromatic N) is 1. The van der Waals surface area contributed by atoms with E-state index in [-0.39, 0.29) is 16.5 Å². The minimum Gasteiger partial charge on any atom is -0.336 e. The number of urea groups is 1. The molecule has 0 aliphatic rings. The van der Waals surface area contributed by atoms with Gasteiger partial charge in [-0.3, -0.25) is 4.57 Å². The van der Waals surface area contributed by atoms with Crippen LogP contribution >= 0.6 is 11.8 Å². The molecule has 0 aliphatic carbocycles. The Hall–Kier alpha value is -2.15. The summed E-state index contributed by atoms with van der Waals surface area (Å²) >= 11 is 1.69. The topological polar surface area (TPSA) is 78.9 Å². The van der Waals surface area contributed by atoms with Crippen molar-refractivity contribution >= 4 is 23.5 Å². The van der Waals surface area contributed by atoms with Gasteiger partial charge in [0, 0.05) is 23.2 Å². The second-order valence-electron chi connectivity index (χ2n) is 5.86. The number of hydrogen-bond acceptors (Lipinski definition) is 3. The Bertz CT molecular complexity index is 749. The van der Waals surface area contributed by atoms with Crippen molar-refractivity contribution in [2.24, 2.45) is 0 Å². The number of thioether (sulfide) groups is 1. The number of hydrogen-bond donors (Lipinski definition) is 3. The number of H-pyrrole nitrogens is 1. The van der Waals surface area contributed by atoms with E-state index in [0.717, 1.165) is 5.69 Å². The molecule has 1 aromatic carbocycles. The fraction of sp³-hybridized carbons (Fsp3) is 0.375. The number of imidazole rings is 1. The first-order valence-electron chi connectivity index (χ1n) is 7.30. The molecule has 2 rings (SSSR count). The lowest BCUT2D eigenvalue weighted by molar-refractivity contribution is 0.251. The van der Waals surface area contributed by atoms with Gasteiger partial charge in [-0.2, -0.15) is 11.8 Å². The Labute approximate surface area is 139 Å². The Morgan fingerprint density at radius 3 is 2.65 bits per heavy atom. The zero-order valence-electron chi connectivity index (χ0n) is 13.8. The number of benzene rings is 1. The smallest absolute Gasteiger partial charge is 0.330 e. The Balaban J connectivity index is 2.19. The van der Waals surface area contributed by atoms with Crippen LogP contribution in [0.15, 0.2) is 35.3 Å². The SMILES string of the molecule is CSC(C)(C)CNC(=O)Nc1ccccc1-n1c(C)c[nH]c1=O. The summed E-state index contributed by atoms with van der Waals surface area (Å²) in [7, 11) is 0. The zero-order valence-corrected chi connectivity index (χ0v) is 14.6. The quantitative estimate of drug-likeness (QED) is 0.786. The fourth-order valence-corrected chi connectivity index (χ4v) is 2.28. The third-order valence-electron chi connectivity index (χ3n) is 3.58. The molecule has 0 saturated carbocycles. The van der Waals surface area contributed by atoms with Gasteiger partial charge in [-0.1, -0.05) is 12.1 Å². The summed E-state index contributed by atoms with van der Waals surface area (Å²) in [4.78, 5) is 26.7. The molecule has 0 radical (unpaired) electrons. The number of aromatic nitrogens is 2. The van der Waals surface area contributed by atoms with E-state index < -0.39 is 0 Å². The average molecular weight is 334 g/mol. The summed E-state index contributed by atoms with van der Waals surface area (Å²) in [6, 6.07) is 6.92. The molecule has 1 aromatic heterocycles. The molecule has 0 spiro atoms. The molecule has 3 N–H and O–H groups in total. The van der Waals surface area contributed by atoms with Gasteiger partial charge in [0.25, 0.3) is 0 Å². The lowest BCUT2D eigenvalue weighted by atomic mass is 10.2. The first-order chi connectivity index (χ1) is 10.8. The molecular formula is C16H22N4O2S. The maximum Gasteiger partial charge on any atom is 0.330 e. The zero-order chi connectivity index (χ0) is 17.0. The average Bonchev–Trinajstić information content (AvgIpc) is 2.85. The number of aryl methyl sites for hydroxylation is 1. The van der Waals surface area contributed by atoms with Gasteiger partial charge in [0.1, 0.15) is 0 Å². The molecular weight excluding hydrogens is 312 g/mol. The molecule has 23 heavy (non-hydrogen) atoms. The van der Waals surface area contributed by atoms with E-state index in [2.05, 4.69) is 29.5 Å². The van der Waals surface area contributed by atoms with Crippen LogP contribution in [-0.4, -0.2) is 33.1 Å². The molecule has 1 heterocycles. The third-order valence-corrected chi connectivity index (χ3v) is 4.83. The van der Waals surface area contributed by atoms with Gasteiger partial charge in [0.15, 0.2) is 0 Å². The van der Waals surface area contributed by atoms with Gasteiger partial charge in [0.2, 0.25) is 0 Å². The van der Waals surface area contributed by atoms with Crippen molar-refractivity contribution in [2.45, 2.75) is 25.5 Å². The summed E-state index contributed by atoms with van der Waals surface area (Å²) in [6.07, 6.45) is 3.65. The molecule has 6 nitrogen and oxygen atoms in total. The highest BCUT2D eigenvalue weighted by atomic mass is 32.2. The van der Waals surface area contributed by atoms with Crippen LogP contribution in [0.3, 0.4) is 0 Å². The maximum atomic E-state index is 12.1. The number of rotatable bonds is 5. The third kappa shape index (κ3) is 4.19. The van der Waals surface area contributed by atoms with Crippen LogP contribution in [-0.2, 0) is 0 Å². The van der Waals surface area contributed by atoms with Crippen LogP contribution in [0.25, 0.3) is 5.69 Å². The minimum absolute atomic E-state index is 0.0367. The number of carbonyl (C=O) groups excluding carboxylic acids is 1. The molecule has 2 amide bonds. The van der Waals surface area contributed by atoms with Crippen molar-refractivity contribution in [3.05, 3.63) is 46.6 Å². The van der Waals surface area contributed by atoms with Crippen LogP contribution < -0.4 is 16.3 Å². The predicted molar refractivity (Wildman–Crippen MR) is 95.7 cm³/mol. The summed E-state index contributed by atoms with van der Waals surface area (Å²) in [5.74, 6) is 0. The Morgan fingerprint density at radius 2 is 2.04 bits per heavy atom. The highest BCUT2D eigenvalue weighted by Gasteiger charge is 2.17. The Kier molecular flexibility index (Phi) is 5.20. The second kappa shape index (κ2) is 6.95. The highest BCUT2D eigenvalue weighted by molar-refractivity contribution is 7.99. The van der Waals surface area contributed by atoms with E-state index in [1.165, 1.54) is 4.57 Å². The lowest BCUT2D eigenvalue weighted by Crippen LogP contribution is -2.38. The van der Waals surface area contributed by atoms with Gasteiger partial charge in [-0.15, -0.1) is 0 Å². The van der Waals surface area contributed by atoms with Crippen molar-refractivity contribution in [3.8, 4) is 5.69 Å². The molecule has 0 atom stereocenters. The number of carbonyl (C=O) groups is 1. The minimum atomic E-state index is -0.291. The van der Waals surface area contributed by atoms with E-state index in [1.54, 1.807) is 30.1 Å². The molecule has 0 saturated heterocycles. The van der Waals surface area contributed by atoms with Crippen molar-refractivity contribution < 1.29 is 4.79 Å². The monoisotopic (exact) mass is 334 g/mol. The molecule has 2 aromatic rings. The summed E-state index contributed by atoms with van der Waals surface area (Å²) < 4.78 is 1.49. The number of amides is 2. The van der Waals surface area contributed by atoms with Crippen LogP contribution in [0.4, 0.5) is 10.5 Å². The van der Waals surface area contributed by atoms with Gasteiger partial charge in [-0.05, 0) is 39.2 Å². The summed E-state index contributed by atoms with van der Waals surface area (Å²) in [6.45, 7) is 6.50. The number of aromatic amines is 1. The predicted octanol–water partition coefficient (Wildman–Crippen LogP) is 2.74. The van der Waals surface area contributed by atoms with Crippen molar-refractivity contribution in [1.29, 1.82) is 0 Å². The molecule has 0 unspecified atom stereocenters.